The van der Waals surface area contributed by atoms with Crippen LogP contribution in [0, 0.1) is 0 Å². The Labute approximate surface area is 128 Å². The van der Waals surface area contributed by atoms with Crippen LogP contribution >= 0.6 is 27.3 Å². The lowest BCUT2D eigenvalue weighted by Crippen LogP contribution is -2.30. The fourth-order valence-electron chi connectivity index (χ4n) is 1.46. The molecule has 0 bridgehead atoms. The molecule has 0 saturated heterocycles. The lowest BCUT2D eigenvalue weighted by molar-refractivity contribution is -0.133. The standard InChI is InChI=1S/C13H12BrNO4S/c1-15(7-9-3-2-6-18-9)12(16)8-19-13(17)10-4-5-11(14)20-10/h2-6H,7-8H2,1H3. The smallest absolute Gasteiger partial charge is 0.348 e. The molecule has 7 heteroatoms. The first kappa shape index (κ1) is 14.8. The van der Waals surface area contributed by atoms with Gasteiger partial charge in [0.05, 0.1) is 16.6 Å². The number of hydrogen-bond donors (Lipinski definition) is 0. The van der Waals surface area contributed by atoms with E-state index in [0.717, 1.165) is 3.79 Å². The fourth-order valence-corrected chi connectivity index (χ4v) is 2.74. The van der Waals surface area contributed by atoms with Crippen LogP contribution in [0.3, 0.4) is 0 Å². The number of carbonyl (C=O) groups is 2. The van der Waals surface area contributed by atoms with Crippen LogP contribution in [-0.2, 0) is 16.1 Å². The van der Waals surface area contributed by atoms with Crippen LogP contribution in [0.5, 0.6) is 0 Å². The van der Waals surface area contributed by atoms with E-state index in [-0.39, 0.29) is 12.5 Å². The Kier molecular flexibility index (Phi) is 4.97. The zero-order valence-corrected chi connectivity index (χ0v) is 13.1. The van der Waals surface area contributed by atoms with Crippen molar-refractivity contribution >= 4 is 39.1 Å². The van der Waals surface area contributed by atoms with Crippen LogP contribution in [0.4, 0.5) is 0 Å². The highest BCUT2D eigenvalue weighted by molar-refractivity contribution is 9.11. The van der Waals surface area contributed by atoms with Crippen molar-refractivity contribution in [1.82, 2.24) is 4.90 Å². The van der Waals surface area contributed by atoms with Crippen LogP contribution in [0.15, 0.2) is 38.7 Å². The van der Waals surface area contributed by atoms with Crippen molar-refractivity contribution < 1.29 is 18.7 Å². The van der Waals surface area contributed by atoms with Crippen LogP contribution in [0.2, 0.25) is 0 Å². The third-order valence-corrected chi connectivity index (χ3v) is 4.10. The van der Waals surface area contributed by atoms with Gasteiger partial charge < -0.3 is 14.1 Å². The van der Waals surface area contributed by atoms with E-state index in [1.807, 2.05) is 0 Å². The predicted molar refractivity (Wildman–Crippen MR) is 77.5 cm³/mol. The van der Waals surface area contributed by atoms with Gasteiger partial charge in [0.25, 0.3) is 5.91 Å². The van der Waals surface area contributed by atoms with Gasteiger partial charge in [0, 0.05) is 7.05 Å². The minimum atomic E-state index is -0.500. The fraction of sp³-hybridized carbons (Fsp3) is 0.231. The predicted octanol–water partition coefficient (Wildman–Crippen LogP) is 2.92. The highest BCUT2D eigenvalue weighted by Gasteiger charge is 2.15. The van der Waals surface area contributed by atoms with Crippen molar-refractivity contribution in [2.75, 3.05) is 13.7 Å². The lowest BCUT2D eigenvalue weighted by atomic mass is 10.4. The van der Waals surface area contributed by atoms with Gasteiger partial charge in [-0.1, -0.05) is 0 Å². The molecule has 0 aliphatic heterocycles. The van der Waals surface area contributed by atoms with E-state index >= 15 is 0 Å². The number of esters is 1. The molecule has 2 aromatic rings. The molecule has 0 spiro atoms. The summed E-state index contributed by atoms with van der Waals surface area (Å²) in [5.41, 5.74) is 0. The summed E-state index contributed by atoms with van der Waals surface area (Å²) in [5.74, 6) is -0.111. The van der Waals surface area contributed by atoms with E-state index in [1.165, 1.54) is 16.2 Å². The molecule has 5 nitrogen and oxygen atoms in total. The van der Waals surface area contributed by atoms with Crippen molar-refractivity contribution in [3.63, 3.8) is 0 Å². The highest BCUT2D eigenvalue weighted by Crippen LogP contribution is 2.22. The van der Waals surface area contributed by atoms with Crippen molar-refractivity contribution in [3.05, 3.63) is 45.0 Å². The molecule has 0 aliphatic rings. The molecule has 0 saturated carbocycles. The van der Waals surface area contributed by atoms with Gasteiger partial charge in [0.15, 0.2) is 6.61 Å². The molecule has 0 unspecified atom stereocenters. The Morgan fingerprint density at radius 3 is 2.80 bits per heavy atom. The van der Waals surface area contributed by atoms with Crippen molar-refractivity contribution in [3.8, 4) is 0 Å². The molecule has 0 radical (unpaired) electrons. The van der Waals surface area contributed by atoms with Gasteiger partial charge in [-0.05, 0) is 40.2 Å². The molecule has 2 aromatic heterocycles. The first-order chi connectivity index (χ1) is 9.56. The number of nitrogens with zero attached hydrogens (tertiary/aromatic N) is 1. The lowest BCUT2D eigenvalue weighted by Gasteiger charge is -2.15. The maximum Gasteiger partial charge on any atom is 0.348 e. The molecular weight excluding hydrogens is 346 g/mol. The highest BCUT2D eigenvalue weighted by atomic mass is 79.9. The number of amides is 1. The molecule has 2 heterocycles. The van der Waals surface area contributed by atoms with Crippen LogP contribution < -0.4 is 0 Å². The molecule has 2 rings (SSSR count). The van der Waals surface area contributed by atoms with Gasteiger partial charge in [-0.3, -0.25) is 4.79 Å². The van der Waals surface area contributed by atoms with Gasteiger partial charge in [-0.15, -0.1) is 11.3 Å². The second kappa shape index (κ2) is 6.71. The third-order valence-electron chi connectivity index (χ3n) is 2.50. The second-order valence-corrected chi connectivity index (χ2v) is 6.47. The van der Waals surface area contributed by atoms with Gasteiger partial charge in [-0.25, -0.2) is 4.79 Å². The molecular formula is C13H12BrNO4S. The SMILES string of the molecule is CN(Cc1ccco1)C(=O)COC(=O)c1ccc(Br)s1. The molecule has 0 fully saturated rings. The van der Waals surface area contributed by atoms with Gasteiger partial charge >= 0.3 is 5.97 Å². The minimum Gasteiger partial charge on any atom is -0.467 e. The van der Waals surface area contributed by atoms with E-state index in [2.05, 4.69) is 15.9 Å². The Bertz CT molecular complexity index is 593. The van der Waals surface area contributed by atoms with Gasteiger partial charge in [0.2, 0.25) is 0 Å². The topological polar surface area (TPSA) is 59.8 Å². The van der Waals surface area contributed by atoms with E-state index in [0.29, 0.717) is 17.2 Å². The van der Waals surface area contributed by atoms with Crippen molar-refractivity contribution in [2.24, 2.45) is 0 Å². The monoisotopic (exact) mass is 357 g/mol. The summed E-state index contributed by atoms with van der Waals surface area (Å²) in [6.45, 7) is 0.0551. The summed E-state index contributed by atoms with van der Waals surface area (Å²) in [5, 5.41) is 0. The van der Waals surface area contributed by atoms with Crippen molar-refractivity contribution in [2.45, 2.75) is 6.54 Å². The van der Waals surface area contributed by atoms with Gasteiger partial charge in [0.1, 0.15) is 10.6 Å². The summed E-state index contributed by atoms with van der Waals surface area (Å²) in [6, 6.07) is 6.93. The number of rotatable bonds is 5. The summed E-state index contributed by atoms with van der Waals surface area (Å²) >= 11 is 4.52. The minimum absolute atomic E-state index is 0.286. The van der Waals surface area contributed by atoms with Crippen molar-refractivity contribution in [1.29, 1.82) is 0 Å². The molecule has 1 amide bonds. The normalized spacial score (nSPS) is 10.3. The van der Waals surface area contributed by atoms with Gasteiger partial charge in [-0.2, -0.15) is 0 Å². The molecule has 20 heavy (non-hydrogen) atoms. The van der Waals surface area contributed by atoms with Crippen LogP contribution in [0.1, 0.15) is 15.4 Å². The Hall–Kier alpha value is -1.60. The van der Waals surface area contributed by atoms with Crippen LogP contribution in [0.25, 0.3) is 0 Å². The number of thiophene rings is 1. The van der Waals surface area contributed by atoms with E-state index < -0.39 is 5.97 Å². The first-order valence-electron chi connectivity index (χ1n) is 5.75. The average Bonchev–Trinajstić information content (AvgIpc) is 3.07. The molecule has 106 valence electrons. The largest absolute Gasteiger partial charge is 0.467 e. The number of hydrogen-bond acceptors (Lipinski definition) is 5. The first-order valence-corrected chi connectivity index (χ1v) is 7.36. The second-order valence-electron chi connectivity index (χ2n) is 4.01. The summed E-state index contributed by atoms with van der Waals surface area (Å²) in [6.07, 6.45) is 1.54. The number of halogens is 1. The Balaban J connectivity index is 1.81. The average molecular weight is 358 g/mol. The Morgan fingerprint density at radius 1 is 1.40 bits per heavy atom. The summed E-state index contributed by atoms with van der Waals surface area (Å²) in [4.78, 5) is 25.4. The maximum atomic E-state index is 11.8. The number of carbonyl (C=O) groups excluding carboxylic acids is 2. The Morgan fingerprint density at radius 2 is 2.20 bits per heavy atom. The van der Waals surface area contributed by atoms with Crippen LogP contribution in [-0.4, -0.2) is 30.4 Å². The maximum absolute atomic E-state index is 11.8. The van der Waals surface area contributed by atoms with E-state index in [4.69, 9.17) is 9.15 Å². The molecule has 0 N–H and O–H groups in total. The third kappa shape index (κ3) is 3.94. The number of ether oxygens (including phenoxy) is 1. The quantitative estimate of drug-likeness (QED) is 0.772. The zero-order valence-electron chi connectivity index (χ0n) is 10.7. The van der Waals surface area contributed by atoms with E-state index in [9.17, 15) is 9.59 Å². The molecule has 0 aromatic carbocycles. The number of likely N-dealkylation sites (N-methyl/N-ethyl adjacent to an activating group) is 1. The number of furan rings is 1. The molecule has 0 aliphatic carbocycles. The molecule has 0 atom stereocenters. The zero-order chi connectivity index (χ0) is 14.5. The summed E-state index contributed by atoms with van der Waals surface area (Å²) in [7, 11) is 1.63. The summed E-state index contributed by atoms with van der Waals surface area (Å²) < 4.78 is 11.0. The van der Waals surface area contributed by atoms with E-state index in [1.54, 1.807) is 37.6 Å².